The summed E-state index contributed by atoms with van der Waals surface area (Å²) >= 11 is 0. The average Bonchev–Trinajstić information content (AvgIpc) is 0.592. The minimum absolute atomic E-state index is 2.62. The Labute approximate surface area is 36.2 Å². The molecule has 0 aliphatic rings. The maximum absolute atomic E-state index is 10.3. The quantitative estimate of drug-likeness (QED) is 0.516. The second kappa shape index (κ2) is 0.655. The van der Waals surface area contributed by atoms with Gasteiger partial charge in [0.25, 0.3) is 0 Å². The van der Waals surface area contributed by atoms with Gasteiger partial charge >= 0.3 is 10.4 Å². The van der Waals surface area contributed by atoms with Gasteiger partial charge in [-0.1, -0.05) is 19.4 Å². The fourth-order valence-corrected chi connectivity index (χ4v) is 0. The lowest BCUT2D eigenvalue weighted by molar-refractivity contribution is 0.366. The van der Waals surface area contributed by atoms with E-state index in [1.165, 1.54) is 0 Å². The van der Waals surface area contributed by atoms with Crippen molar-refractivity contribution in [3.05, 3.63) is 0 Å². The predicted molar refractivity (Wildman–Crippen MR) is 17.3 cm³/mol. The second-order valence-electron chi connectivity index (χ2n) is 1.03. The first-order valence-electron chi connectivity index (χ1n) is 1.01. The molecule has 7 heavy (non-hydrogen) atoms. The monoisotopic (exact) mass is 143 g/mol. The molecule has 0 rings (SSSR count). The lowest BCUT2D eigenvalue weighted by atomic mass is 13.9. The van der Waals surface area contributed by atoms with Crippen molar-refractivity contribution < 1.29 is 19.4 Å². The lowest BCUT2D eigenvalue weighted by Gasteiger charge is -2.34. The maximum Gasteiger partial charge on any atom is 0.339 e. The summed E-state index contributed by atoms with van der Waals surface area (Å²) in [5.41, 5.74) is 0. The van der Waals surface area contributed by atoms with Gasteiger partial charge in [0, 0.05) is 0 Å². The van der Waals surface area contributed by atoms with Crippen molar-refractivity contribution in [2.75, 3.05) is 0 Å². The summed E-state index contributed by atoms with van der Waals surface area (Å²) in [6, 6.07) is 0. The Bertz CT molecular complexity index is 66.6. The number of rotatable bonds is 0. The van der Waals surface area contributed by atoms with Crippen LogP contribution in [0.5, 0.6) is 0 Å². The predicted octanol–water partition coefficient (Wildman–Crippen LogP) is 2.16. The van der Waals surface area contributed by atoms with Crippen LogP contribution < -0.4 is 5.14 Å². The molecule has 0 unspecified atom stereocenters. The van der Waals surface area contributed by atoms with Crippen molar-refractivity contribution in [1.29, 1.82) is 0 Å². The van der Waals surface area contributed by atoms with E-state index in [1.807, 2.05) is 0 Å². The summed E-state index contributed by atoms with van der Waals surface area (Å²) in [6.45, 7) is 0. The van der Waals surface area contributed by atoms with E-state index in [9.17, 15) is 19.4 Å². The van der Waals surface area contributed by atoms with Crippen LogP contribution in [0.4, 0.5) is 19.4 Å². The second-order valence-corrected chi connectivity index (χ2v) is 3.09. The van der Waals surface area contributed by atoms with Crippen LogP contribution >= 0.6 is 10.4 Å². The van der Waals surface area contributed by atoms with Crippen LogP contribution in [0.2, 0.25) is 0 Å². The molecule has 0 aliphatic carbocycles. The first-order chi connectivity index (χ1) is 2.45. The summed E-state index contributed by atoms with van der Waals surface area (Å²) in [5.74, 6) is 0. The molecule has 48 valence electrons. The molecule has 0 fully saturated rings. The van der Waals surface area contributed by atoms with Crippen LogP contribution in [0, 0.1) is 0 Å². The highest BCUT2D eigenvalue weighted by Crippen LogP contribution is 2.91. The lowest BCUT2D eigenvalue weighted by Crippen LogP contribution is -2.16. The Morgan fingerprint density at radius 1 is 0.857 bits per heavy atom. The van der Waals surface area contributed by atoms with E-state index in [-0.39, 0.29) is 0 Å². The molecule has 0 radical (unpaired) electrons. The molecule has 0 aromatic rings. The van der Waals surface area contributed by atoms with Gasteiger partial charge < -0.3 is 0 Å². The van der Waals surface area contributed by atoms with Crippen LogP contribution in [0.1, 0.15) is 0 Å². The Kier molecular flexibility index (Phi) is 0.651. The highest BCUT2D eigenvalue weighted by molar-refractivity contribution is 8.44. The normalized spacial score (nSPS) is 23.1. The number of nitrogens with two attached hydrogens (primary N) is 1. The third kappa shape index (κ3) is 58400. The van der Waals surface area contributed by atoms with Gasteiger partial charge in [-0.2, -0.15) is 5.14 Å². The third-order valence-electron chi connectivity index (χ3n) is 0. The van der Waals surface area contributed by atoms with Crippen LogP contribution in [0.3, 0.4) is 0 Å². The molecular weight excluding hydrogens is 141 g/mol. The van der Waals surface area contributed by atoms with E-state index in [2.05, 4.69) is 5.14 Å². The van der Waals surface area contributed by atoms with Crippen LogP contribution in [0.25, 0.3) is 0 Å². The van der Waals surface area contributed by atoms with Crippen molar-refractivity contribution in [1.82, 2.24) is 0 Å². The van der Waals surface area contributed by atoms with Crippen molar-refractivity contribution in [2.45, 2.75) is 0 Å². The zero-order valence-corrected chi connectivity index (χ0v) is 3.69. The van der Waals surface area contributed by atoms with Crippen molar-refractivity contribution >= 4 is 10.4 Å². The smallest absolute Gasteiger partial charge is 0.195 e. The minimum atomic E-state index is -9.47. The van der Waals surface area contributed by atoms with E-state index >= 15 is 0 Å². The van der Waals surface area contributed by atoms with E-state index in [0.29, 0.717) is 0 Å². The molecular formula is H2F5NS. The Hall–Kier alpha value is -0.0400. The molecule has 2 N–H and O–H groups in total. The number of halogens is 5. The van der Waals surface area contributed by atoms with Gasteiger partial charge in [0.2, 0.25) is 0 Å². The fraction of sp³-hybridized carbons (Fsp3) is 0. The zero-order valence-electron chi connectivity index (χ0n) is 2.88. The Balaban J connectivity index is 4.43. The van der Waals surface area contributed by atoms with Gasteiger partial charge in [0.15, 0.2) is 0 Å². The first-order valence-corrected chi connectivity index (χ1v) is 3.02. The van der Waals surface area contributed by atoms with Gasteiger partial charge in [0.1, 0.15) is 0 Å². The summed E-state index contributed by atoms with van der Waals surface area (Å²) in [5, 5.41) is 2.62. The Morgan fingerprint density at radius 3 is 0.857 bits per heavy atom. The molecule has 1 nitrogen and oxygen atoms in total. The van der Waals surface area contributed by atoms with Crippen LogP contribution in [-0.2, 0) is 0 Å². The van der Waals surface area contributed by atoms with Gasteiger partial charge in [-0.3, -0.25) is 0 Å². The van der Waals surface area contributed by atoms with E-state index in [0.717, 1.165) is 0 Å². The highest BCUT2D eigenvalue weighted by atomic mass is 32.5. The summed E-state index contributed by atoms with van der Waals surface area (Å²) < 4.78 is 51.5. The molecule has 0 atom stereocenters. The summed E-state index contributed by atoms with van der Waals surface area (Å²) in [7, 11) is -9.47. The van der Waals surface area contributed by atoms with E-state index < -0.39 is 10.4 Å². The first kappa shape index (κ1) is 6.96. The number of hydrogen-bond acceptors (Lipinski definition) is 1. The molecule has 0 aliphatic heterocycles. The molecule has 0 bridgehead atoms. The average molecular weight is 143 g/mol. The molecule has 0 saturated heterocycles. The molecule has 0 heterocycles. The largest absolute Gasteiger partial charge is 0.339 e. The van der Waals surface area contributed by atoms with Crippen LogP contribution in [-0.4, -0.2) is 0 Å². The van der Waals surface area contributed by atoms with Crippen molar-refractivity contribution in [2.24, 2.45) is 5.14 Å². The molecule has 0 saturated carbocycles. The standard InChI is InChI=1S/F5H2NS/c1-7(2,3,4,5)6/h6H2. The SMILES string of the molecule is NS(F)(F)(F)(F)F. The van der Waals surface area contributed by atoms with E-state index in [4.69, 9.17) is 0 Å². The molecule has 0 spiro atoms. The van der Waals surface area contributed by atoms with Gasteiger partial charge in [-0.25, -0.2) is 0 Å². The molecule has 0 aromatic carbocycles. The zero-order chi connectivity index (χ0) is 6.41. The fourth-order valence-electron chi connectivity index (χ4n) is 0. The topological polar surface area (TPSA) is 26.0 Å². The maximum atomic E-state index is 10.3. The molecule has 7 heteroatoms. The third-order valence-corrected chi connectivity index (χ3v) is 0. The van der Waals surface area contributed by atoms with Gasteiger partial charge in [-0.05, 0) is 0 Å². The van der Waals surface area contributed by atoms with Gasteiger partial charge in [0.05, 0.1) is 0 Å². The van der Waals surface area contributed by atoms with Gasteiger partial charge in [-0.15, -0.1) is 0 Å². The van der Waals surface area contributed by atoms with E-state index in [1.54, 1.807) is 0 Å². The molecule has 0 aromatic heterocycles. The number of hydrogen-bond donors (Lipinski definition) is 1. The van der Waals surface area contributed by atoms with Crippen molar-refractivity contribution in [3.63, 3.8) is 0 Å². The Morgan fingerprint density at radius 2 is 0.857 bits per heavy atom. The van der Waals surface area contributed by atoms with Crippen molar-refractivity contribution in [3.8, 4) is 0 Å². The minimum Gasteiger partial charge on any atom is -0.195 e. The highest BCUT2D eigenvalue weighted by Gasteiger charge is 2.58. The summed E-state index contributed by atoms with van der Waals surface area (Å²) in [4.78, 5) is 0. The summed E-state index contributed by atoms with van der Waals surface area (Å²) in [6.07, 6.45) is 0. The molecule has 0 amide bonds. The van der Waals surface area contributed by atoms with Crippen LogP contribution in [0.15, 0.2) is 0 Å².